The van der Waals surface area contributed by atoms with E-state index in [0.29, 0.717) is 30.6 Å². The molecule has 0 aliphatic heterocycles. The summed E-state index contributed by atoms with van der Waals surface area (Å²) < 4.78 is 24.4. The molecule has 98 valence electrons. The largest absolute Gasteiger partial charge is 0.300 e. The zero-order valence-corrected chi connectivity index (χ0v) is 11.4. The van der Waals surface area contributed by atoms with E-state index in [2.05, 4.69) is 0 Å². The standard InChI is InChI=1S/C14H18O3S/c1-11-2-8-14(9-3-11)18(16,17)10-12-4-6-13(15)7-5-12/h2-3,8-9,12H,4-7,10H2,1H3. The van der Waals surface area contributed by atoms with Crippen molar-refractivity contribution in [1.82, 2.24) is 0 Å². The van der Waals surface area contributed by atoms with E-state index in [9.17, 15) is 13.2 Å². The number of ketones is 1. The topological polar surface area (TPSA) is 51.2 Å². The minimum atomic E-state index is -3.21. The SMILES string of the molecule is Cc1ccc(S(=O)(=O)CC2CCC(=O)CC2)cc1. The van der Waals surface area contributed by atoms with Gasteiger partial charge in [0.25, 0.3) is 0 Å². The molecule has 1 aliphatic rings. The van der Waals surface area contributed by atoms with Crippen LogP contribution in [0.2, 0.25) is 0 Å². The first kappa shape index (κ1) is 13.3. The lowest BCUT2D eigenvalue weighted by atomic mass is 9.90. The fraction of sp³-hybridized carbons (Fsp3) is 0.500. The van der Waals surface area contributed by atoms with Gasteiger partial charge in [0.1, 0.15) is 5.78 Å². The summed E-state index contributed by atoms with van der Waals surface area (Å²) in [6.07, 6.45) is 2.50. The summed E-state index contributed by atoms with van der Waals surface area (Å²) in [7, 11) is -3.21. The van der Waals surface area contributed by atoms with Crippen molar-refractivity contribution < 1.29 is 13.2 Å². The first-order chi connectivity index (χ1) is 8.47. The number of hydrogen-bond acceptors (Lipinski definition) is 3. The minimum Gasteiger partial charge on any atom is -0.300 e. The number of carbonyl (C=O) groups excluding carboxylic acids is 1. The maximum atomic E-state index is 12.2. The molecule has 0 N–H and O–H groups in total. The van der Waals surface area contributed by atoms with Crippen molar-refractivity contribution in [3.63, 3.8) is 0 Å². The normalized spacial score (nSPS) is 17.9. The third-order valence-corrected chi connectivity index (χ3v) is 5.40. The van der Waals surface area contributed by atoms with Crippen LogP contribution >= 0.6 is 0 Å². The fourth-order valence-corrected chi connectivity index (χ4v) is 4.02. The number of sulfone groups is 1. The van der Waals surface area contributed by atoms with Crippen LogP contribution in [0.1, 0.15) is 31.2 Å². The van der Waals surface area contributed by atoms with E-state index in [4.69, 9.17) is 0 Å². The number of aryl methyl sites for hydroxylation is 1. The average molecular weight is 266 g/mol. The van der Waals surface area contributed by atoms with E-state index >= 15 is 0 Å². The van der Waals surface area contributed by atoms with Crippen LogP contribution in [0.4, 0.5) is 0 Å². The number of benzene rings is 1. The second kappa shape index (κ2) is 5.22. The number of hydrogen-bond donors (Lipinski definition) is 0. The molecule has 0 spiro atoms. The van der Waals surface area contributed by atoms with E-state index in [0.717, 1.165) is 5.56 Å². The number of rotatable bonds is 3. The molecule has 1 aromatic rings. The molecule has 18 heavy (non-hydrogen) atoms. The maximum absolute atomic E-state index is 12.2. The predicted octanol–water partition coefficient (Wildman–Crippen LogP) is 2.53. The summed E-state index contributed by atoms with van der Waals surface area (Å²) >= 11 is 0. The van der Waals surface area contributed by atoms with E-state index in [-0.39, 0.29) is 17.5 Å². The molecule has 1 aromatic carbocycles. The second-order valence-electron chi connectivity index (χ2n) is 5.08. The highest BCUT2D eigenvalue weighted by atomic mass is 32.2. The van der Waals surface area contributed by atoms with Crippen LogP contribution in [0.25, 0.3) is 0 Å². The van der Waals surface area contributed by atoms with Crippen LogP contribution in [0.5, 0.6) is 0 Å². The van der Waals surface area contributed by atoms with Gasteiger partial charge in [-0.25, -0.2) is 8.42 Å². The highest BCUT2D eigenvalue weighted by Crippen LogP contribution is 2.25. The van der Waals surface area contributed by atoms with Crippen LogP contribution in [-0.2, 0) is 14.6 Å². The molecule has 1 saturated carbocycles. The Balaban J connectivity index is 2.07. The average Bonchev–Trinajstić information content (AvgIpc) is 2.32. The zero-order valence-electron chi connectivity index (χ0n) is 10.6. The molecule has 0 radical (unpaired) electrons. The van der Waals surface area contributed by atoms with Crippen molar-refractivity contribution in [2.45, 2.75) is 37.5 Å². The Morgan fingerprint density at radius 1 is 1.11 bits per heavy atom. The van der Waals surface area contributed by atoms with Crippen LogP contribution < -0.4 is 0 Å². The third kappa shape index (κ3) is 3.19. The Morgan fingerprint density at radius 3 is 2.22 bits per heavy atom. The molecule has 1 aliphatic carbocycles. The van der Waals surface area contributed by atoms with Gasteiger partial charge in [-0.15, -0.1) is 0 Å². The highest BCUT2D eigenvalue weighted by Gasteiger charge is 2.25. The molecule has 3 nitrogen and oxygen atoms in total. The first-order valence-electron chi connectivity index (χ1n) is 6.28. The zero-order chi connectivity index (χ0) is 13.2. The lowest BCUT2D eigenvalue weighted by Crippen LogP contribution is -2.22. The van der Waals surface area contributed by atoms with Gasteiger partial charge < -0.3 is 0 Å². The molecule has 1 fully saturated rings. The van der Waals surface area contributed by atoms with E-state index in [1.165, 1.54) is 0 Å². The Morgan fingerprint density at radius 2 is 1.67 bits per heavy atom. The van der Waals surface area contributed by atoms with Crippen LogP contribution in [0.3, 0.4) is 0 Å². The van der Waals surface area contributed by atoms with Gasteiger partial charge in [0.05, 0.1) is 10.6 Å². The van der Waals surface area contributed by atoms with Crippen molar-refractivity contribution in [3.05, 3.63) is 29.8 Å². The van der Waals surface area contributed by atoms with E-state index in [1.54, 1.807) is 12.1 Å². The summed E-state index contributed by atoms with van der Waals surface area (Å²) in [6.45, 7) is 1.93. The van der Waals surface area contributed by atoms with Crippen molar-refractivity contribution >= 4 is 15.6 Å². The Bertz CT molecular complexity index is 519. The number of Topliss-reactive ketones (excluding diaryl/α,β-unsaturated/α-hetero) is 1. The van der Waals surface area contributed by atoms with E-state index < -0.39 is 9.84 Å². The van der Waals surface area contributed by atoms with Gasteiger partial charge in [0, 0.05) is 12.8 Å². The fourth-order valence-electron chi connectivity index (χ4n) is 2.32. The monoisotopic (exact) mass is 266 g/mol. The summed E-state index contributed by atoms with van der Waals surface area (Å²) in [5.41, 5.74) is 1.05. The Labute approximate surface area is 108 Å². The lowest BCUT2D eigenvalue weighted by molar-refractivity contribution is -0.120. The van der Waals surface area contributed by atoms with Crippen molar-refractivity contribution in [2.24, 2.45) is 5.92 Å². The van der Waals surface area contributed by atoms with Gasteiger partial charge in [-0.1, -0.05) is 17.7 Å². The van der Waals surface area contributed by atoms with Gasteiger partial charge in [-0.05, 0) is 37.8 Å². The smallest absolute Gasteiger partial charge is 0.178 e. The second-order valence-corrected chi connectivity index (χ2v) is 7.11. The Kier molecular flexibility index (Phi) is 3.85. The Hall–Kier alpha value is -1.16. The van der Waals surface area contributed by atoms with Crippen LogP contribution in [0.15, 0.2) is 29.2 Å². The van der Waals surface area contributed by atoms with Gasteiger partial charge in [0.2, 0.25) is 0 Å². The molecule has 0 unspecified atom stereocenters. The molecule has 0 atom stereocenters. The molecule has 4 heteroatoms. The molecule has 0 heterocycles. The summed E-state index contributed by atoms with van der Waals surface area (Å²) in [4.78, 5) is 11.5. The maximum Gasteiger partial charge on any atom is 0.178 e. The van der Waals surface area contributed by atoms with Crippen LogP contribution in [-0.4, -0.2) is 20.0 Å². The summed E-state index contributed by atoms with van der Waals surface area (Å²) in [5.74, 6) is 0.566. The molecule has 0 saturated heterocycles. The molecule has 2 rings (SSSR count). The van der Waals surface area contributed by atoms with Gasteiger partial charge >= 0.3 is 0 Å². The van der Waals surface area contributed by atoms with Gasteiger partial charge in [-0.2, -0.15) is 0 Å². The van der Waals surface area contributed by atoms with Crippen molar-refractivity contribution in [1.29, 1.82) is 0 Å². The summed E-state index contributed by atoms with van der Waals surface area (Å²) in [5, 5.41) is 0. The van der Waals surface area contributed by atoms with Gasteiger partial charge in [-0.3, -0.25) is 4.79 Å². The molecule has 0 aromatic heterocycles. The minimum absolute atomic E-state index is 0.133. The quantitative estimate of drug-likeness (QED) is 0.844. The third-order valence-electron chi connectivity index (χ3n) is 3.50. The molecular formula is C14H18O3S. The van der Waals surface area contributed by atoms with Gasteiger partial charge in [0.15, 0.2) is 9.84 Å². The lowest BCUT2D eigenvalue weighted by Gasteiger charge is -2.20. The highest BCUT2D eigenvalue weighted by molar-refractivity contribution is 7.91. The van der Waals surface area contributed by atoms with E-state index in [1.807, 2.05) is 19.1 Å². The first-order valence-corrected chi connectivity index (χ1v) is 7.94. The molecule has 0 amide bonds. The molecular weight excluding hydrogens is 248 g/mol. The number of carbonyl (C=O) groups is 1. The van der Waals surface area contributed by atoms with Crippen molar-refractivity contribution in [2.75, 3.05) is 5.75 Å². The summed E-state index contributed by atoms with van der Waals surface area (Å²) in [6, 6.07) is 6.96. The van der Waals surface area contributed by atoms with Crippen LogP contribution in [0, 0.1) is 12.8 Å². The molecule has 0 bridgehead atoms. The predicted molar refractivity (Wildman–Crippen MR) is 70.2 cm³/mol. The van der Waals surface area contributed by atoms with Crippen molar-refractivity contribution in [3.8, 4) is 0 Å².